The lowest BCUT2D eigenvalue weighted by Crippen LogP contribution is -2.57. The number of aliphatic hydroxyl groups is 1. The minimum absolute atomic E-state index is 0.203. The molecule has 0 bridgehead atoms. The highest BCUT2D eigenvalue weighted by Gasteiger charge is 2.38. The maximum absolute atomic E-state index is 9.99. The summed E-state index contributed by atoms with van der Waals surface area (Å²) >= 11 is 0. The Morgan fingerprint density at radius 1 is 1.10 bits per heavy atom. The third-order valence-corrected chi connectivity index (χ3v) is 6.00. The number of fused-ring (bicyclic) bond motifs is 1. The van der Waals surface area contributed by atoms with E-state index in [-0.39, 0.29) is 5.41 Å². The number of nitrogens with zero attached hydrogens (tertiary/aromatic N) is 2. The van der Waals surface area contributed by atoms with Crippen molar-refractivity contribution in [1.82, 2.24) is 9.80 Å². The van der Waals surface area contributed by atoms with Crippen LogP contribution in [0.3, 0.4) is 0 Å². The SMILES string of the molecule is CC1CCCC(CO)(CN2CCN3CCCCC3C2)C1. The van der Waals surface area contributed by atoms with Crippen LogP contribution in [-0.2, 0) is 0 Å². The molecule has 3 aliphatic rings. The molecular weight excluding hydrogens is 248 g/mol. The lowest BCUT2D eigenvalue weighted by Gasteiger charge is -2.48. The molecule has 3 atom stereocenters. The van der Waals surface area contributed by atoms with Crippen LogP contribution < -0.4 is 0 Å². The van der Waals surface area contributed by atoms with E-state index < -0.39 is 0 Å². The summed E-state index contributed by atoms with van der Waals surface area (Å²) in [5.41, 5.74) is 0.203. The van der Waals surface area contributed by atoms with E-state index in [1.165, 1.54) is 71.1 Å². The Morgan fingerprint density at radius 2 is 2.00 bits per heavy atom. The van der Waals surface area contributed by atoms with Crippen molar-refractivity contribution in [3.05, 3.63) is 0 Å². The third kappa shape index (κ3) is 3.20. The van der Waals surface area contributed by atoms with Crippen LogP contribution >= 0.6 is 0 Å². The predicted octanol–water partition coefficient (Wildman–Crippen LogP) is 2.35. The second-order valence-electron chi connectivity index (χ2n) is 7.78. The number of hydrogen-bond donors (Lipinski definition) is 1. The normalized spacial score (nSPS) is 40.5. The summed E-state index contributed by atoms with van der Waals surface area (Å²) in [5.74, 6) is 0.798. The van der Waals surface area contributed by atoms with Gasteiger partial charge in [0.2, 0.25) is 0 Å². The summed E-state index contributed by atoms with van der Waals surface area (Å²) in [5, 5.41) is 9.99. The summed E-state index contributed by atoms with van der Waals surface area (Å²) in [4.78, 5) is 5.37. The molecule has 20 heavy (non-hydrogen) atoms. The Bertz CT molecular complexity index is 322. The lowest BCUT2D eigenvalue weighted by molar-refractivity contribution is -0.0134. The van der Waals surface area contributed by atoms with Crippen LogP contribution in [0, 0.1) is 11.3 Å². The van der Waals surface area contributed by atoms with Gasteiger partial charge in [-0.1, -0.05) is 26.2 Å². The van der Waals surface area contributed by atoms with Gasteiger partial charge in [0.1, 0.15) is 0 Å². The Labute approximate surface area is 124 Å². The second-order valence-corrected chi connectivity index (χ2v) is 7.78. The summed E-state index contributed by atoms with van der Waals surface area (Å²) in [7, 11) is 0. The number of piperazine rings is 1. The zero-order chi connectivity index (χ0) is 14.0. The van der Waals surface area contributed by atoms with E-state index in [9.17, 15) is 5.11 Å². The first-order chi connectivity index (χ1) is 9.71. The van der Waals surface area contributed by atoms with Crippen LogP contribution in [-0.4, -0.2) is 60.3 Å². The molecule has 0 aromatic carbocycles. The predicted molar refractivity (Wildman–Crippen MR) is 82.8 cm³/mol. The van der Waals surface area contributed by atoms with Crippen molar-refractivity contribution in [2.24, 2.45) is 11.3 Å². The minimum Gasteiger partial charge on any atom is -0.396 e. The van der Waals surface area contributed by atoms with Gasteiger partial charge in [0.15, 0.2) is 0 Å². The van der Waals surface area contributed by atoms with Gasteiger partial charge < -0.3 is 5.11 Å². The molecule has 116 valence electrons. The van der Waals surface area contributed by atoms with Gasteiger partial charge in [-0.3, -0.25) is 9.80 Å². The maximum atomic E-state index is 9.99. The molecule has 0 aromatic rings. The van der Waals surface area contributed by atoms with E-state index in [1.54, 1.807) is 0 Å². The Balaban J connectivity index is 1.59. The van der Waals surface area contributed by atoms with Gasteiger partial charge in [-0.05, 0) is 38.1 Å². The fraction of sp³-hybridized carbons (Fsp3) is 1.00. The monoisotopic (exact) mass is 280 g/mol. The number of rotatable bonds is 3. The first kappa shape index (κ1) is 14.8. The molecule has 2 aliphatic heterocycles. The Kier molecular flexibility index (Phi) is 4.68. The van der Waals surface area contributed by atoms with Crippen molar-refractivity contribution in [2.45, 2.75) is 57.9 Å². The zero-order valence-electron chi connectivity index (χ0n) is 13.2. The molecule has 3 unspecified atom stereocenters. The molecule has 1 saturated carbocycles. The van der Waals surface area contributed by atoms with Crippen molar-refractivity contribution in [3.8, 4) is 0 Å². The van der Waals surface area contributed by atoms with Gasteiger partial charge in [-0.15, -0.1) is 0 Å². The number of piperidine rings is 1. The van der Waals surface area contributed by atoms with Crippen LogP contribution in [0.1, 0.15) is 51.9 Å². The fourth-order valence-corrected chi connectivity index (χ4v) is 4.94. The van der Waals surface area contributed by atoms with E-state index in [2.05, 4.69) is 16.7 Å². The lowest BCUT2D eigenvalue weighted by atomic mass is 9.70. The van der Waals surface area contributed by atoms with Gasteiger partial charge in [0.05, 0.1) is 0 Å². The van der Waals surface area contributed by atoms with Gasteiger partial charge in [0, 0.05) is 44.2 Å². The molecule has 3 nitrogen and oxygen atoms in total. The molecule has 3 rings (SSSR count). The van der Waals surface area contributed by atoms with Crippen LogP contribution in [0.15, 0.2) is 0 Å². The van der Waals surface area contributed by atoms with Crippen molar-refractivity contribution < 1.29 is 5.11 Å². The summed E-state index contributed by atoms with van der Waals surface area (Å²) in [6.07, 6.45) is 9.33. The number of aliphatic hydroxyl groups excluding tert-OH is 1. The van der Waals surface area contributed by atoms with Gasteiger partial charge in [0.25, 0.3) is 0 Å². The molecule has 0 radical (unpaired) electrons. The van der Waals surface area contributed by atoms with Gasteiger partial charge >= 0.3 is 0 Å². The molecular formula is C17H32N2O. The van der Waals surface area contributed by atoms with Gasteiger partial charge in [-0.2, -0.15) is 0 Å². The standard InChI is InChI=1S/C17H32N2O/c1-15-5-4-7-17(11-15,14-20)13-18-9-10-19-8-3-2-6-16(19)12-18/h15-16,20H,2-14H2,1H3. The Morgan fingerprint density at radius 3 is 2.80 bits per heavy atom. The summed E-state index contributed by atoms with van der Waals surface area (Å²) in [6, 6.07) is 0.800. The van der Waals surface area contributed by atoms with Crippen molar-refractivity contribution in [3.63, 3.8) is 0 Å². The number of hydrogen-bond acceptors (Lipinski definition) is 3. The third-order valence-electron chi connectivity index (χ3n) is 6.00. The van der Waals surface area contributed by atoms with E-state index in [0.717, 1.165) is 18.5 Å². The molecule has 0 spiro atoms. The van der Waals surface area contributed by atoms with Crippen molar-refractivity contribution in [2.75, 3.05) is 39.3 Å². The summed E-state index contributed by atoms with van der Waals surface area (Å²) < 4.78 is 0. The molecule has 1 N–H and O–H groups in total. The first-order valence-corrected chi connectivity index (χ1v) is 8.78. The molecule has 2 heterocycles. The second kappa shape index (κ2) is 6.33. The van der Waals surface area contributed by atoms with E-state index in [1.807, 2.05) is 0 Å². The van der Waals surface area contributed by atoms with Crippen LogP contribution in [0.5, 0.6) is 0 Å². The smallest absolute Gasteiger partial charge is 0.0499 e. The quantitative estimate of drug-likeness (QED) is 0.859. The molecule has 0 aromatic heterocycles. The molecule has 2 saturated heterocycles. The highest BCUT2D eigenvalue weighted by Crippen LogP contribution is 2.40. The molecule has 3 heteroatoms. The topological polar surface area (TPSA) is 26.7 Å². The van der Waals surface area contributed by atoms with E-state index >= 15 is 0 Å². The minimum atomic E-state index is 0.203. The van der Waals surface area contributed by atoms with E-state index in [4.69, 9.17) is 0 Å². The molecule has 0 amide bonds. The van der Waals surface area contributed by atoms with E-state index in [0.29, 0.717) is 6.61 Å². The largest absolute Gasteiger partial charge is 0.396 e. The fourth-order valence-electron chi connectivity index (χ4n) is 4.94. The highest BCUT2D eigenvalue weighted by molar-refractivity contribution is 4.91. The van der Waals surface area contributed by atoms with Crippen LogP contribution in [0.2, 0.25) is 0 Å². The Hall–Kier alpha value is -0.120. The average Bonchev–Trinajstić information content (AvgIpc) is 2.47. The van der Waals surface area contributed by atoms with Crippen LogP contribution in [0.25, 0.3) is 0 Å². The molecule has 1 aliphatic carbocycles. The highest BCUT2D eigenvalue weighted by atomic mass is 16.3. The maximum Gasteiger partial charge on any atom is 0.0499 e. The zero-order valence-corrected chi connectivity index (χ0v) is 13.2. The van der Waals surface area contributed by atoms with Crippen molar-refractivity contribution in [1.29, 1.82) is 0 Å². The van der Waals surface area contributed by atoms with Crippen LogP contribution in [0.4, 0.5) is 0 Å². The van der Waals surface area contributed by atoms with Crippen molar-refractivity contribution >= 4 is 0 Å². The van der Waals surface area contributed by atoms with Gasteiger partial charge in [-0.25, -0.2) is 0 Å². The average molecular weight is 280 g/mol. The molecule has 3 fully saturated rings. The summed E-state index contributed by atoms with van der Waals surface area (Å²) in [6.45, 7) is 8.92. The first-order valence-electron chi connectivity index (χ1n) is 8.78.